The molecule has 2 aromatic carbocycles. The number of carbonyl (C=O) groups is 3. The molecule has 3 aromatic rings. The fraction of sp³-hybridized carbons (Fsp3) is 0.320. The van der Waals surface area contributed by atoms with Gasteiger partial charge in [0.05, 0.1) is 11.0 Å². The Morgan fingerprint density at radius 3 is 2.29 bits per heavy atom. The van der Waals surface area contributed by atoms with Crippen LogP contribution < -0.4 is 15.1 Å². The summed E-state index contributed by atoms with van der Waals surface area (Å²) in [7, 11) is 1.92. The predicted molar refractivity (Wildman–Crippen MR) is 128 cm³/mol. The molecule has 2 aliphatic heterocycles. The molecule has 1 fully saturated rings. The fourth-order valence-electron chi connectivity index (χ4n) is 4.69. The topological polar surface area (TPSA) is 98.7 Å². The second-order valence-corrected chi connectivity index (χ2v) is 8.63. The molecule has 2 aliphatic rings. The van der Waals surface area contributed by atoms with E-state index in [9.17, 15) is 14.4 Å². The van der Waals surface area contributed by atoms with Gasteiger partial charge in [-0.05, 0) is 30.5 Å². The zero-order valence-electron chi connectivity index (χ0n) is 19.2. The van der Waals surface area contributed by atoms with Crippen LogP contribution in [0.25, 0.3) is 11.0 Å². The lowest BCUT2D eigenvalue weighted by Crippen LogP contribution is -2.46. The molecular weight excluding hydrogens is 432 g/mol. The van der Waals surface area contributed by atoms with Gasteiger partial charge in [-0.15, -0.1) is 0 Å². The number of rotatable bonds is 4. The average molecular weight is 459 g/mol. The highest BCUT2D eigenvalue weighted by Crippen LogP contribution is 2.33. The Morgan fingerprint density at radius 2 is 1.62 bits per heavy atom. The first-order valence-electron chi connectivity index (χ1n) is 11.4. The Morgan fingerprint density at radius 1 is 0.971 bits per heavy atom. The van der Waals surface area contributed by atoms with Crippen molar-refractivity contribution in [2.75, 3.05) is 36.5 Å². The van der Waals surface area contributed by atoms with Crippen LogP contribution >= 0.6 is 0 Å². The molecule has 3 heterocycles. The van der Waals surface area contributed by atoms with E-state index in [-0.39, 0.29) is 12.5 Å². The van der Waals surface area contributed by atoms with Crippen molar-refractivity contribution >= 4 is 40.5 Å². The van der Waals surface area contributed by atoms with Crippen LogP contribution in [-0.2, 0) is 15.1 Å². The second kappa shape index (κ2) is 8.40. The molecule has 1 aromatic heterocycles. The van der Waals surface area contributed by atoms with Crippen LogP contribution in [0.2, 0.25) is 0 Å². The lowest BCUT2D eigenvalue weighted by molar-refractivity contribution is -0.134. The van der Waals surface area contributed by atoms with Crippen LogP contribution in [-0.4, -0.2) is 59.4 Å². The van der Waals surface area contributed by atoms with Gasteiger partial charge in [0, 0.05) is 20.1 Å². The van der Waals surface area contributed by atoms with Crippen LogP contribution in [0, 0.1) is 0 Å². The molecule has 1 N–H and O–H groups in total. The molecule has 4 amide bonds. The number of amides is 4. The van der Waals surface area contributed by atoms with Crippen LogP contribution in [0.1, 0.15) is 25.3 Å². The standard InChI is InChI=1S/C25H26N6O3/c1-3-25(17-10-5-4-6-11-17)23(33)31(24(34)28-25)16-20(32)30-15-9-14-29(2)21-22(30)27-19-13-8-7-12-18(19)26-21/h4-8,10-13H,3,9,14-16H2,1-2H3,(H,28,34)/t25-/m0/s1. The average Bonchev–Trinajstić information content (AvgIpc) is 2.99. The molecule has 9 heteroatoms. The summed E-state index contributed by atoms with van der Waals surface area (Å²) < 4.78 is 0. The maximum absolute atomic E-state index is 13.5. The number of carbonyl (C=O) groups excluding carboxylic acids is 3. The number of fused-ring (bicyclic) bond motifs is 2. The van der Waals surface area contributed by atoms with Gasteiger partial charge < -0.3 is 10.2 Å². The number of hydrogen-bond acceptors (Lipinski definition) is 6. The van der Waals surface area contributed by atoms with Gasteiger partial charge in [-0.25, -0.2) is 14.8 Å². The van der Waals surface area contributed by atoms with E-state index in [0.717, 1.165) is 10.4 Å². The summed E-state index contributed by atoms with van der Waals surface area (Å²) in [5.41, 5.74) is 0.946. The summed E-state index contributed by atoms with van der Waals surface area (Å²) >= 11 is 0. The van der Waals surface area contributed by atoms with E-state index >= 15 is 0 Å². The highest BCUT2D eigenvalue weighted by molar-refractivity contribution is 6.11. The molecule has 9 nitrogen and oxygen atoms in total. The van der Waals surface area contributed by atoms with Crippen molar-refractivity contribution in [3.8, 4) is 0 Å². The largest absolute Gasteiger partial charge is 0.357 e. The molecule has 0 bridgehead atoms. The molecule has 0 spiro atoms. The molecule has 0 unspecified atom stereocenters. The number of nitrogens with zero attached hydrogens (tertiary/aromatic N) is 5. The lowest BCUT2D eigenvalue weighted by Gasteiger charge is -2.26. The van der Waals surface area contributed by atoms with E-state index in [1.165, 1.54) is 0 Å². The Kier molecular flexibility index (Phi) is 5.39. The van der Waals surface area contributed by atoms with Crippen molar-refractivity contribution in [2.45, 2.75) is 25.3 Å². The lowest BCUT2D eigenvalue weighted by atomic mass is 9.87. The van der Waals surface area contributed by atoms with E-state index in [0.29, 0.717) is 48.6 Å². The van der Waals surface area contributed by atoms with E-state index in [2.05, 4.69) is 5.32 Å². The van der Waals surface area contributed by atoms with Gasteiger partial charge >= 0.3 is 6.03 Å². The molecule has 174 valence electrons. The zero-order chi connectivity index (χ0) is 23.9. The van der Waals surface area contributed by atoms with Gasteiger partial charge in [-0.3, -0.25) is 19.4 Å². The van der Waals surface area contributed by atoms with Gasteiger partial charge in [0.1, 0.15) is 12.1 Å². The summed E-state index contributed by atoms with van der Waals surface area (Å²) in [5, 5.41) is 2.83. The minimum absolute atomic E-state index is 0.364. The van der Waals surface area contributed by atoms with Crippen LogP contribution in [0.3, 0.4) is 0 Å². The summed E-state index contributed by atoms with van der Waals surface area (Å²) in [6.07, 6.45) is 1.08. The number of urea groups is 1. The number of hydrogen-bond donors (Lipinski definition) is 1. The molecule has 1 saturated heterocycles. The summed E-state index contributed by atoms with van der Waals surface area (Å²) in [4.78, 5) is 53.9. The minimum Gasteiger partial charge on any atom is -0.357 e. The molecule has 0 saturated carbocycles. The summed E-state index contributed by atoms with van der Waals surface area (Å²) in [5.74, 6) is 0.260. The normalized spacial score (nSPS) is 20.4. The van der Waals surface area contributed by atoms with Gasteiger partial charge in [0.15, 0.2) is 11.6 Å². The quantitative estimate of drug-likeness (QED) is 0.604. The van der Waals surface area contributed by atoms with Crippen molar-refractivity contribution in [1.29, 1.82) is 0 Å². The minimum atomic E-state index is -1.18. The van der Waals surface area contributed by atoms with Crippen molar-refractivity contribution in [1.82, 2.24) is 20.2 Å². The third-order valence-electron chi connectivity index (χ3n) is 6.59. The maximum Gasteiger partial charge on any atom is 0.325 e. The highest BCUT2D eigenvalue weighted by Gasteiger charge is 2.52. The molecular formula is C25H26N6O3. The van der Waals surface area contributed by atoms with Gasteiger partial charge in [0.25, 0.3) is 5.91 Å². The number of aromatic nitrogens is 2. The van der Waals surface area contributed by atoms with Crippen molar-refractivity contribution in [2.24, 2.45) is 0 Å². The number of imide groups is 1. The van der Waals surface area contributed by atoms with Crippen LogP contribution in [0.4, 0.5) is 16.4 Å². The number of nitrogens with one attached hydrogen (secondary N) is 1. The molecule has 1 atom stereocenters. The van der Waals surface area contributed by atoms with Crippen molar-refractivity contribution in [3.05, 3.63) is 60.2 Å². The first-order chi connectivity index (χ1) is 16.4. The third-order valence-corrected chi connectivity index (χ3v) is 6.59. The van der Waals surface area contributed by atoms with Crippen LogP contribution in [0.5, 0.6) is 0 Å². The number of para-hydroxylation sites is 2. The maximum atomic E-state index is 13.5. The first kappa shape index (κ1) is 21.8. The van der Waals surface area contributed by atoms with E-state index in [1.54, 1.807) is 4.90 Å². The summed E-state index contributed by atoms with van der Waals surface area (Å²) in [6, 6.07) is 16.1. The van der Waals surface area contributed by atoms with Gasteiger partial charge in [-0.1, -0.05) is 49.4 Å². The molecule has 0 aliphatic carbocycles. The monoisotopic (exact) mass is 458 g/mol. The summed E-state index contributed by atoms with van der Waals surface area (Å²) in [6.45, 7) is 2.61. The number of benzene rings is 2. The SMILES string of the molecule is CC[C@@]1(c2ccccc2)NC(=O)N(CC(=O)N2CCCN(C)c3nc4ccccc4nc32)C1=O. The Hall–Kier alpha value is -4.01. The highest BCUT2D eigenvalue weighted by atomic mass is 16.2. The molecule has 34 heavy (non-hydrogen) atoms. The fourth-order valence-corrected chi connectivity index (χ4v) is 4.69. The van der Waals surface area contributed by atoms with E-state index in [1.807, 2.05) is 73.5 Å². The molecule has 0 radical (unpaired) electrons. The Balaban J connectivity index is 1.47. The Labute approximate surface area is 197 Å². The van der Waals surface area contributed by atoms with E-state index < -0.39 is 17.5 Å². The van der Waals surface area contributed by atoms with Crippen molar-refractivity contribution < 1.29 is 14.4 Å². The van der Waals surface area contributed by atoms with Gasteiger partial charge in [-0.2, -0.15) is 0 Å². The Bertz CT molecular complexity index is 1280. The van der Waals surface area contributed by atoms with Gasteiger partial charge in [0.2, 0.25) is 5.91 Å². The second-order valence-electron chi connectivity index (χ2n) is 8.63. The third kappa shape index (κ3) is 3.44. The zero-order valence-corrected chi connectivity index (χ0v) is 19.2. The van der Waals surface area contributed by atoms with E-state index in [4.69, 9.17) is 9.97 Å². The predicted octanol–water partition coefficient (Wildman–Crippen LogP) is 2.66. The first-order valence-corrected chi connectivity index (χ1v) is 11.4. The smallest absolute Gasteiger partial charge is 0.325 e. The number of anilines is 2. The molecule has 5 rings (SSSR count). The van der Waals surface area contributed by atoms with Crippen LogP contribution in [0.15, 0.2) is 54.6 Å². The van der Waals surface area contributed by atoms with Crippen molar-refractivity contribution in [3.63, 3.8) is 0 Å².